The molecule has 4 heteroatoms. The van der Waals surface area contributed by atoms with Gasteiger partial charge < -0.3 is 14.7 Å². The lowest BCUT2D eigenvalue weighted by Crippen LogP contribution is -2.63. The van der Waals surface area contributed by atoms with E-state index in [1.807, 2.05) is 49.1 Å². The van der Waals surface area contributed by atoms with E-state index in [9.17, 15) is 4.79 Å². The van der Waals surface area contributed by atoms with Crippen molar-refractivity contribution in [1.82, 2.24) is 4.90 Å². The zero-order valence-corrected chi connectivity index (χ0v) is 12.4. The summed E-state index contributed by atoms with van der Waals surface area (Å²) in [5.41, 5.74) is -0.164. The molecule has 1 heterocycles. The lowest BCUT2D eigenvalue weighted by atomic mass is 9.91. The van der Waals surface area contributed by atoms with Crippen molar-refractivity contribution in [1.29, 1.82) is 0 Å². The molecule has 1 aromatic carbocycles. The molecule has 1 aliphatic heterocycles. The van der Waals surface area contributed by atoms with E-state index in [1.165, 1.54) is 0 Å². The normalized spacial score (nSPS) is 25.8. The smallest absolute Gasteiger partial charge is 0.255 e. The lowest BCUT2D eigenvalue weighted by Gasteiger charge is -2.49. The molecule has 20 heavy (non-hydrogen) atoms. The van der Waals surface area contributed by atoms with Crippen LogP contribution in [0.4, 0.5) is 0 Å². The van der Waals surface area contributed by atoms with E-state index in [-0.39, 0.29) is 18.1 Å². The van der Waals surface area contributed by atoms with Gasteiger partial charge in [-0.25, -0.2) is 0 Å². The molecular weight excluding hydrogens is 254 g/mol. The highest BCUT2D eigenvalue weighted by molar-refractivity contribution is 5.86. The van der Waals surface area contributed by atoms with Gasteiger partial charge in [0.25, 0.3) is 5.91 Å². The molecule has 0 spiro atoms. The Kier molecular flexibility index (Phi) is 4.16. The second-order valence-electron chi connectivity index (χ2n) is 6.18. The quantitative estimate of drug-likeness (QED) is 0.915. The maximum Gasteiger partial charge on any atom is 0.255 e. The van der Waals surface area contributed by atoms with Crippen LogP contribution >= 0.6 is 0 Å². The number of carbonyl (C=O) groups is 1. The molecular formula is C16H23NO3. The second-order valence-corrected chi connectivity index (χ2v) is 6.18. The molecule has 1 saturated heterocycles. The number of hydrogen-bond donors (Lipinski definition) is 1. The van der Waals surface area contributed by atoms with Gasteiger partial charge in [-0.15, -0.1) is 0 Å². The van der Waals surface area contributed by atoms with Gasteiger partial charge in [-0.1, -0.05) is 30.3 Å². The van der Waals surface area contributed by atoms with Gasteiger partial charge in [0.2, 0.25) is 0 Å². The number of aliphatic hydroxyl groups excluding tert-OH is 1. The molecule has 4 nitrogen and oxygen atoms in total. The molecule has 1 aromatic rings. The number of morpholine rings is 1. The SMILES string of the molecule is CC1(CCO)OCC(C)(C)N(Cc2ccccc2)C1=O. The third kappa shape index (κ3) is 2.86. The van der Waals surface area contributed by atoms with Crippen LogP contribution in [0, 0.1) is 0 Å². The molecule has 1 unspecified atom stereocenters. The van der Waals surface area contributed by atoms with Crippen LogP contribution in [0.2, 0.25) is 0 Å². The molecule has 0 aromatic heterocycles. The van der Waals surface area contributed by atoms with Crippen molar-refractivity contribution in [2.24, 2.45) is 0 Å². The van der Waals surface area contributed by atoms with Crippen LogP contribution < -0.4 is 0 Å². The Labute approximate surface area is 120 Å². The minimum absolute atomic E-state index is 0.0494. The molecule has 0 aliphatic carbocycles. The van der Waals surface area contributed by atoms with Gasteiger partial charge in [0, 0.05) is 19.6 Å². The van der Waals surface area contributed by atoms with Crippen molar-refractivity contribution < 1.29 is 14.6 Å². The van der Waals surface area contributed by atoms with Crippen molar-refractivity contribution in [3.8, 4) is 0 Å². The molecule has 0 bridgehead atoms. The number of hydrogen-bond acceptors (Lipinski definition) is 3. The first-order valence-corrected chi connectivity index (χ1v) is 7.00. The zero-order chi connectivity index (χ0) is 14.8. The maximum atomic E-state index is 12.7. The lowest BCUT2D eigenvalue weighted by molar-refractivity contribution is -0.190. The van der Waals surface area contributed by atoms with Crippen LogP contribution in [0.3, 0.4) is 0 Å². The highest BCUT2D eigenvalue weighted by atomic mass is 16.5. The largest absolute Gasteiger partial charge is 0.396 e. The predicted octanol–water partition coefficient (Wildman–Crippen LogP) is 1.97. The van der Waals surface area contributed by atoms with Crippen molar-refractivity contribution in [2.45, 2.75) is 44.9 Å². The van der Waals surface area contributed by atoms with Crippen LogP contribution in [0.1, 0.15) is 32.8 Å². The fourth-order valence-corrected chi connectivity index (χ4v) is 2.48. The Bertz CT molecular complexity index is 472. The van der Waals surface area contributed by atoms with E-state index in [1.54, 1.807) is 6.92 Å². The van der Waals surface area contributed by atoms with Crippen molar-refractivity contribution in [3.63, 3.8) is 0 Å². The number of ether oxygens (including phenoxy) is 1. The van der Waals surface area contributed by atoms with Gasteiger partial charge >= 0.3 is 0 Å². The zero-order valence-electron chi connectivity index (χ0n) is 12.4. The van der Waals surface area contributed by atoms with Crippen LogP contribution in [0.25, 0.3) is 0 Å². The Balaban J connectivity index is 2.24. The first-order valence-electron chi connectivity index (χ1n) is 7.00. The molecule has 110 valence electrons. The van der Waals surface area contributed by atoms with Crippen LogP contribution in [-0.2, 0) is 16.1 Å². The first-order chi connectivity index (χ1) is 9.39. The summed E-state index contributed by atoms with van der Waals surface area (Å²) in [6.07, 6.45) is 0.327. The number of rotatable bonds is 4. The fourth-order valence-electron chi connectivity index (χ4n) is 2.48. The summed E-state index contributed by atoms with van der Waals surface area (Å²) in [7, 11) is 0. The monoisotopic (exact) mass is 277 g/mol. The van der Waals surface area contributed by atoms with Crippen LogP contribution in [-0.4, -0.2) is 40.3 Å². The Morgan fingerprint density at radius 1 is 1.25 bits per heavy atom. The van der Waals surface area contributed by atoms with Gasteiger partial charge in [-0.3, -0.25) is 4.79 Å². The van der Waals surface area contributed by atoms with E-state index in [0.29, 0.717) is 19.6 Å². The van der Waals surface area contributed by atoms with Crippen LogP contribution in [0.5, 0.6) is 0 Å². The number of aliphatic hydroxyl groups is 1. The standard InChI is InChI=1S/C16H23NO3/c1-15(2)12-20-16(3,9-10-18)14(19)17(15)11-13-7-5-4-6-8-13/h4-8,18H,9-12H2,1-3H3. The summed E-state index contributed by atoms with van der Waals surface area (Å²) in [6.45, 7) is 6.76. The summed E-state index contributed by atoms with van der Waals surface area (Å²) in [5, 5.41) is 9.16. The van der Waals surface area contributed by atoms with Gasteiger partial charge in [-0.2, -0.15) is 0 Å². The number of amides is 1. The average Bonchev–Trinajstić information content (AvgIpc) is 2.42. The van der Waals surface area contributed by atoms with Gasteiger partial charge in [0.15, 0.2) is 0 Å². The maximum absolute atomic E-state index is 12.7. The third-order valence-corrected chi connectivity index (χ3v) is 3.94. The molecule has 1 N–H and O–H groups in total. The van der Waals surface area contributed by atoms with E-state index in [0.717, 1.165) is 5.56 Å². The Hall–Kier alpha value is -1.39. The van der Waals surface area contributed by atoms with E-state index >= 15 is 0 Å². The summed E-state index contributed by atoms with van der Waals surface area (Å²) in [4.78, 5) is 14.6. The molecule has 2 rings (SSSR count). The third-order valence-electron chi connectivity index (χ3n) is 3.94. The molecule has 1 aliphatic rings. The number of benzene rings is 1. The minimum atomic E-state index is -0.918. The second kappa shape index (κ2) is 5.54. The Morgan fingerprint density at radius 2 is 1.90 bits per heavy atom. The summed E-state index contributed by atoms with van der Waals surface area (Å²) in [5.74, 6) is -0.0494. The van der Waals surface area contributed by atoms with Crippen LogP contribution in [0.15, 0.2) is 30.3 Å². The summed E-state index contributed by atoms with van der Waals surface area (Å²) in [6, 6.07) is 9.94. The van der Waals surface area contributed by atoms with E-state index < -0.39 is 5.60 Å². The van der Waals surface area contributed by atoms with E-state index in [2.05, 4.69) is 0 Å². The molecule has 1 amide bonds. The average molecular weight is 277 g/mol. The Morgan fingerprint density at radius 3 is 2.50 bits per heavy atom. The number of nitrogens with zero attached hydrogens (tertiary/aromatic N) is 1. The highest BCUT2D eigenvalue weighted by Crippen LogP contribution is 2.32. The van der Waals surface area contributed by atoms with Crippen molar-refractivity contribution in [3.05, 3.63) is 35.9 Å². The van der Waals surface area contributed by atoms with Gasteiger partial charge in [-0.05, 0) is 26.3 Å². The first kappa shape index (κ1) is 15.0. The minimum Gasteiger partial charge on any atom is -0.396 e. The topological polar surface area (TPSA) is 49.8 Å². The molecule has 1 fully saturated rings. The highest BCUT2D eigenvalue weighted by Gasteiger charge is 2.48. The summed E-state index contributed by atoms with van der Waals surface area (Å²) < 4.78 is 5.75. The molecule has 0 radical (unpaired) electrons. The summed E-state index contributed by atoms with van der Waals surface area (Å²) >= 11 is 0. The van der Waals surface area contributed by atoms with E-state index in [4.69, 9.17) is 9.84 Å². The number of carbonyl (C=O) groups excluding carboxylic acids is 1. The van der Waals surface area contributed by atoms with Gasteiger partial charge in [0.05, 0.1) is 12.1 Å². The molecule has 0 saturated carbocycles. The van der Waals surface area contributed by atoms with Crippen molar-refractivity contribution in [2.75, 3.05) is 13.2 Å². The van der Waals surface area contributed by atoms with Gasteiger partial charge in [0.1, 0.15) is 5.60 Å². The molecule has 1 atom stereocenters. The van der Waals surface area contributed by atoms with Crippen molar-refractivity contribution >= 4 is 5.91 Å². The fraction of sp³-hybridized carbons (Fsp3) is 0.562. The predicted molar refractivity (Wildman–Crippen MR) is 77.1 cm³/mol.